The van der Waals surface area contributed by atoms with Crippen LogP contribution in [0.15, 0.2) is 18.2 Å². The van der Waals surface area contributed by atoms with Gasteiger partial charge in [0.05, 0.1) is 17.3 Å². The molecule has 5 heteroatoms. The molecule has 0 radical (unpaired) electrons. The minimum Gasteiger partial charge on any atom is -0.361 e. The highest BCUT2D eigenvalue weighted by atomic mass is 35.5. The molecule has 1 aliphatic heterocycles. The maximum absolute atomic E-state index is 11.4. The lowest BCUT2D eigenvalue weighted by Crippen LogP contribution is -2.33. The lowest BCUT2D eigenvalue weighted by molar-refractivity contribution is -0.119. The molecule has 17 heavy (non-hydrogen) atoms. The molecule has 1 aromatic carbocycles. The fourth-order valence-electron chi connectivity index (χ4n) is 1.86. The Balaban J connectivity index is 2.26. The maximum atomic E-state index is 11.4. The van der Waals surface area contributed by atoms with Gasteiger partial charge in [0.2, 0.25) is 5.91 Å². The van der Waals surface area contributed by atoms with Crippen LogP contribution in [-0.4, -0.2) is 31.8 Å². The van der Waals surface area contributed by atoms with E-state index in [0.717, 1.165) is 24.9 Å². The molecule has 1 saturated heterocycles. The van der Waals surface area contributed by atoms with Crippen LogP contribution in [0.1, 0.15) is 16.8 Å². The van der Waals surface area contributed by atoms with Crippen molar-refractivity contribution in [3.8, 4) is 0 Å². The lowest BCUT2D eigenvalue weighted by Gasteiger charge is -2.22. The Morgan fingerprint density at radius 3 is 2.94 bits per heavy atom. The number of amides is 1. The van der Waals surface area contributed by atoms with Gasteiger partial charge in [-0.3, -0.25) is 9.59 Å². The van der Waals surface area contributed by atoms with Gasteiger partial charge in [0.25, 0.3) is 0 Å². The third-order valence-corrected chi connectivity index (χ3v) is 3.01. The van der Waals surface area contributed by atoms with Crippen LogP contribution in [0.2, 0.25) is 5.02 Å². The minimum atomic E-state index is -0.00182. The van der Waals surface area contributed by atoms with Gasteiger partial charge in [-0.15, -0.1) is 0 Å². The average Bonchev–Trinajstić information content (AvgIpc) is 2.53. The Morgan fingerprint density at radius 1 is 1.41 bits per heavy atom. The second-order valence-electron chi connectivity index (χ2n) is 3.95. The number of nitrogens with zero attached hydrogens (tertiary/aromatic N) is 1. The average molecular weight is 253 g/mol. The molecule has 2 rings (SSSR count). The Labute approximate surface area is 105 Å². The first kappa shape index (κ1) is 11.9. The van der Waals surface area contributed by atoms with E-state index < -0.39 is 0 Å². The van der Waals surface area contributed by atoms with Crippen LogP contribution in [0.4, 0.5) is 5.69 Å². The Morgan fingerprint density at radius 2 is 2.24 bits per heavy atom. The van der Waals surface area contributed by atoms with Gasteiger partial charge in [-0.25, -0.2) is 0 Å². The zero-order valence-electron chi connectivity index (χ0n) is 9.28. The van der Waals surface area contributed by atoms with Crippen molar-refractivity contribution in [2.75, 3.05) is 24.5 Å². The number of carbonyl (C=O) groups excluding carboxylic acids is 2. The SMILES string of the molecule is O=Cc1ccc(N2CCCNC(=O)C2)c(Cl)c1. The Bertz CT molecular complexity index is 448. The Hall–Kier alpha value is -1.55. The van der Waals surface area contributed by atoms with Gasteiger partial charge in [-0.1, -0.05) is 11.6 Å². The van der Waals surface area contributed by atoms with Crippen molar-refractivity contribution >= 4 is 29.5 Å². The van der Waals surface area contributed by atoms with Gasteiger partial charge in [-0.05, 0) is 24.6 Å². The number of aldehydes is 1. The van der Waals surface area contributed by atoms with E-state index in [0.29, 0.717) is 23.7 Å². The fourth-order valence-corrected chi connectivity index (χ4v) is 2.17. The van der Waals surface area contributed by atoms with E-state index in [2.05, 4.69) is 5.32 Å². The molecule has 1 fully saturated rings. The smallest absolute Gasteiger partial charge is 0.239 e. The first-order chi connectivity index (χ1) is 8.20. The van der Waals surface area contributed by atoms with Crippen molar-refractivity contribution in [3.63, 3.8) is 0 Å². The number of hydrogen-bond donors (Lipinski definition) is 1. The summed E-state index contributed by atoms with van der Waals surface area (Å²) in [6.07, 6.45) is 1.64. The highest BCUT2D eigenvalue weighted by molar-refractivity contribution is 6.33. The molecular weight excluding hydrogens is 240 g/mol. The third kappa shape index (κ3) is 2.77. The summed E-state index contributed by atoms with van der Waals surface area (Å²) in [6.45, 7) is 1.78. The van der Waals surface area contributed by atoms with Gasteiger partial charge in [0.15, 0.2) is 0 Å². The van der Waals surface area contributed by atoms with Crippen molar-refractivity contribution in [3.05, 3.63) is 28.8 Å². The lowest BCUT2D eigenvalue weighted by atomic mass is 10.2. The quantitative estimate of drug-likeness (QED) is 0.811. The van der Waals surface area contributed by atoms with E-state index in [1.54, 1.807) is 18.2 Å². The minimum absolute atomic E-state index is 0.00182. The molecule has 0 aliphatic carbocycles. The van der Waals surface area contributed by atoms with Gasteiger partial charge >= 0.3 is 0 Å². The number of nitrogens with one attached hydrogen (secondary N) is 1. The van der Waals surface area contributed by atoms with Crippen LogP contribution in [-0.2, 0) is 4.79 Å². The molecule has 1 N–H and O–H groups in total. The highest BCUT2D eigenvalue weighted by Gasteiger charge is 2.17. The molecule has 1 heterocycles. The van der Waals surface area contributed by atoms with Gasteiger partial charge in [-0.2, -0.15) is 0 Å². The van der Waals surface area contributed by atoms with Gasteiger partial charge in [0, 0.05) is 18.7 Å². The summed E-state index contributed by atoms with van der Waals surface area (Å²) in [6, 6.07) is 5.11. The summed E-state index contributed by atoms with van der Waals surface area (Å²) in [5.41, 5.74) is 1.34. The zero-order chi connectivity index (χ0) is 12.3. The first-order valence-electron chi connectivity index (χ1n) is 5.47. The highest BCUT2D eigenvalue weighted by Crippen LogP contribution is 2.26. The molecule has 0 bridgehead atoms. The van der Waals surface area contributed by atoms with Crippen LogP contribution < -0.4 is 10.2 Å². The molecule has 0 saturated carbocycles. The van der Waals surface area contributed by atoms with Crippen LogP contribution in [0.5, 0.6) is 0 Å². The maximum Gasteiger partial charge on any atom is 0.239 e. The van der Waals surface area contributed by atoms with Crippen molar-refractivity contribution in [1.82, 2.24) is 5.32 Å². The first-order valence-corrected chi connectivity index (χ1v) is 5.85. The van der Waals surface area contributed by atoms with Crippen molar-refractivity contribution in [2.45, 2.75) is 6.42 Å². The van der Waals surface area contributed by atoms with E-state index in [-0.39, 0.29) is 5.91 Å². The number of anilines is 1. The summed E-state index contributed by atoms with van der Waals surface area (Å²) in [7, 11) is 0. The molecule has 1 aliphatic rings. The molecule has 4 nitrogen and oxygen atoms in total. The van der Waals surface area contributed by atoms with Crippen LogP contribution in [0.25, 0.3) is 0 Å². The molecule has 0 unspecified atom stereocenters. The van der Waals surface area contributed by atoms with Crippen molar-refractivity contribution in [2.24, 2.45) is 0 Å². The van der Waals surface area contributed by atoms with Crippen LogP contribution in [0, 0.1) is 0 Å². The number of rotatable bonds is 2. The predicted octanol–water partition coefficient (Wildman–Crippen LogP) is 1.48. The summed E-state index contributed by atoms with van der Waals surface area (Å²) in [4.78, 5) is 24.0. The standard InChI is InChI=1S/C12H13ClN2O2/c13-10-6-9(8-16)2-3-11(10)15-5-1-4-14-12(17)7-15/h2-3,6,8H,1,4-5,7H2,(H,14,17). The summed E-state index contributed by atoms with van der Waals surface area (Å²) < 4.78 is 0. The number of hydrogen-bond acceptors (Lipinski definition) is 3. The molecule has 0 spiro atoms. The predicted molar refractivity (Wildman–Crippen MR) is 66.7 cm³/mol. The van der Waals surface area contributed by atoms with E-state index >= 15 is 0 Å². The van der Waals surface area contributed by atoms with E-state index in [1.165, 1.54) is 0 Å². The van der Waals surface area contributed by atoms with E-state index in [1.807, 2.05) is 4.90 Å². The largest absolute Gasteiger partial charge is 0.361 e. The normalized spacial score (nSPS) is 16.3. The van der Waals surface area contributed by atoms with Crippen LogP contribution in [0.3, 0.4) is 0 Å². The molecule has 1 amide bonds. The number of halogens is 1. The van der Waals surface area contributed by atoms with Crippen molar-refractivity contribution < 1.29 is 9.59 Å². The third-order valence-electron chi connectivity index (χ3n) is 2.71. The van der Waals surface area contributed by atoms with E-state index in [4.69, 9.17) is 11.6 Å². The molecule has 90 valence electrons. The monoisotopic (exact) mass is 252 g/mol. The number of benzene rings is 1. The molecular formula is C12H13ClN2O2. The van der Waals surface area contributed by atoms with Crippen molar-refractivity contribution in [1.29, 1.82) is 0 Å². The molecule has 0 aromatic heterocycles. The zero-order valence-corrected chi connectivity index (χ0v) is 10.0. The molecule has 0 atom stereocenters. The topological polar surface area (TPSA) is 49.4 Å². The second-order valence-corrected chi connectivity index (χ2v) is 4.36. The summed E-state index contributed by atoms with van der Waals surface area (Å²) >= 11 is 6.11. The second kappa shape index (κ2) is 5.19. The summed E-state index contributed by atoms with van der Waals surface area (Å²) in [5, 5.41) is 3.31. The Kier molecular flexibility index (Phi) is 3.64. The summed E-state index contributed by atoms with van der Waals surface area (Å²) in [5.74, 6) is -0.00182. The number of carbonyl (C=O) groups is 2. The van der Waals surface area contributed by atoms with Crippen LogP contribution >= 0.6 is 11.6 Å². The fraction of sp³-hybridized carbons (Fsp3) is 0.333. The van der Waals surface area contributed by atoms with E-state index in [9.17, 15) is 9.59 Å². The van der Waals surface area contributed by atoms with Gasteiger partial charge in [0.1, 0.15) is 6.29 Å². The molecule has 1 aromatic rings. The van der Waals surface area contributed by atoms with Gasteiger partial charge < -0.3 is 10.2 Å².